The van der Waals surface area contributed by atoms with Crippen molar-refractivity contribution < 1.29 is 19.0 Å². The number of fused-ring (bicyclic) bond motifs is 1. The number of nitrogens with zero attached hydrogens (tertiary/aromatic N) is 4. The minimum atomic E-state index is -0.205. The van der Waals surface area contributed by atoms with Gasteiger partial charge in [0.25, 0.3) is 5.88 Å². The Hall–Kier alpha value is -3.34. The van der Waals surface area contributed by atoms with Gasteiger partial charge < -0.3 is 19.1 Å². The summed E-state index contributed by atoms with van der Waals surface area (Å²) in [4.78, 5) is 22.5. The first-order chi connectivity index (χ1) is 13.2. The minimum Gasteiger partial charge on any atom is -0.470 e. The standard InChI is InChI=1S/C19H18N4O4/c20-10-15-19(22-6-5-21-15)27-14-2-1-7-23(11-14)18(24)9-13-3-4-16-17(8-13)26-12-25-16/h3-6,8,14H,1-2,7,9,11-12H2. The number of benzene rings is 1. The Bertz CT molecular complexity index is 896. The highest BCUT2D eigenvalue weighted by Gasteiger charge is 2.26. The Kier molecular flexibility index (Phi) is 4.75. The van der Waals surface area contributed by atoms with Crippen molar-refractivity contribution in [2.45, 2.75) is 25.4 Å². The fourth-order valence-electron chi connectivity index (χ4n) is 3.24. The maximum atomic E-state index is 12.7. The zero-order chi connectivity index (χ0) is 18.6. The van der Waals surface area contributed by atoms with E-state index in [0.29, 0.717) is 24.6 Å². The summed E-state index contributed by atoms with van der Waals surface area (Å²) in [5.41, 5.74) is 1.04. The number of carbonyl (C=O) groups excluding carboxylic acids is 1. The predicted octanol–water partition coefficient (Wildman–Crippen LogP) is 1.69. The molecule has 0 N–H and O–H groups in total. The number of amides is 1. The van der Waals surface area contributed by atoms with Crippen LogP contribution in [0.5, 0.6) is 17.4 Å². The van der Waals surface area contributed by atoms with E-state index >= 15 is 0 Å². The van der Waals surface area contributed by atoms with Crippen molar-refractivity contribution in [3.8, 4) is 23.4 Å². The summed E-state index contributed by atoms with van der Waals surface area (Å²) in [6.07, 6.45) is 4.66. The van der Waals surface area contributed by atoms with Crippen molar-refractivity contribution in [1.29, 1.82) is 5.26 Å². The highest BCUT2D eigenvalue weighted by Crippen LogP contribution is 2.32. The molecule has 27 heavy (non-hydrogen) atoms. The molecule has 1 saturated heterocycles. The summed E-state index contributed by atoms with van der Waals surface area (Å²) in [5.74, 6) is 1.62. The smallest absolute Gasteiger partial charge is 0.251 e. The molecule has 4 rings (SSSR count). The highest BCUT2D eigenvalue weighted by atomic mass is 16.7. The monoisotopic (exact) mass is 366 g/mol. The van der Waals surface area contributed by atoms with Crippen LogP contribution in [-0.4, -0.2) is 46.8 Å². The summed E-state index contributed by atoms with van der Waals surface area (Å²) in [7, 11) is 0. The van der Waals surface area contributed by atoms with E-state index in [1.807, 2.05) is 24.3 Å². The number of ether oxygens (including phenoxy) is 3. The normalized spacial score (nSPS) is 18.0. The second-order valence-electron chi connectivity index (χ2n) is 6.41. The van der Waals surface area contributed by atoms with Crippen LogP contribution < -0.4 is 14.2 Å². The SMILES string of the molecule is N#Cc1nccnc1OC1CCCN(C(=O)Cc2ccc3c(c2)OCO3)C1. The molecule has 1 atom stereocenters. The summed E-state index contributed by atoms with van der Waals surface area (Å²) >= 11 is 0. The lowest BCUT2D eigenvalue weighted by Gasteiger charge is -2.32. The minimum absolute atomic E-state index is 0.0295. The molecule has 2 aromatic rings. The largest absolute Gasteiger partial charge is 0.470 e. The zero-order valence-electron chi connectivity index (χ0n) is 14.6. The third kappa shape index (κ3) is 3.77. The summed E-state index contributed by atoms with van der Waals surface area (Å²) in [6.45, 7) is 1.37. The van der Waals surface area contributed by atoms with Crippen LogP contribution in [0.25, 0.3) is 0 Å². The van der Waals surface area contributed by atoms with E-state index in [-0.39, 0.29) is 36.8 Å². The lowest BCUT2D eigenvalue weighted by atomic mass is 10.1. The van der Waals surface area contributed by atoms with Crippen LogP contribution in [-0.2, 0) is 11.2 Å². The van der Waals surface area contributed by atoms with Gasteiger partial charge in [-0.1, -0.05) is 6.07 Å². The van der Waals surface area contributed by atoms with Gasteiger partial charge in [0.1, 0.15) is 12.2 Å². The van der Waals surface area contributed by atoms with Gasteiger partial charge in [-0.05, 0) is 30.5 Å². The van der Waals surface area contributed by atoms with Crippen molar-refractivity contribution in [2.75, 3.05) is 19.9 Å². The van der Waals surface area contributed by atoms with Gasteiger partial charge in [0.2, 0.25) is 18.4 Å². The van der Waals surface area contributed by atoms with Crippen molar-refractivity contribution in [1.82, 2.24) is 14.9 Å². The van der Waals surface area contributed by atoms with Crippen molar-refractivity contribution >= 4 is 5.91 Å². The lowest BCUT2D eigenvalue weighted by molar-refractivity contribution is -0.133. The van der Waals surface area contributed by atoms with Gasteiger partial charge in [0.15, 0.2) is 11.5 Å². The van der Waals surface area contributed by atoms with Gasteiger partial charge in [-0.2, -0.15) is 5.26 Å². The van der Waals surface area contributed by atoms with E-state index in [0.717, 1.165) is 18.4 Å². The highest BCUT2D eigenvalue weighted by molar-refractivity contribution is 5.79. The average molecular weight is 366 g/mol. The fourth-order valence-corrected chi connectivity index (χ4v) is 3.24. The molecule has 138 valence electrons. The van der Waals surface area contributed by atoms with E-state index in [1.165, 1.54) is 12.4 Å². The number of hydrogen-bond donors (Lipinski definition) is 0. The maximum Gasteiger partial charge on any atom is 0.251 e. The number of likely N-dealkylation sites (tertiary alicyclic amines) is 1. The van der Waals surface area contributed by atoms with E-state index in [9.17, 15) is 4.79 Å². The number of carbonyl (C=O) groups is 1. The molecule has 0 bridgehead atoms. The number of piperidine rings is 1. The third-order valence-electron chi connectivity index (χ3n) is 4.57. The number of hydrogen-bond acceptors (Lipinski definition) is 7. The van der Waals surface area contributed by atoms with Crippen molar-refractivity contribution in [3.63, 3.8) is 0 Å². The second-order valence-corrected chi connectivity index (χ2v) is 6.41. The van der Waals surface area contributed by atoms with Crippen LogP contribution in [0.4, 0.5) is 0 Å². The summed E-state index contributed by atoms with van der Waals surface area (Å²) in [6, 6.07) is 7.52. The molecule has 1 amide bonds. The molecule has 0 aliphatic carbocycles. The Morgan fingerprint density at radius 3 is 3.04 bits per heavy atom. The van der Waals surface area contributed by atoms with Crippen LogP contribution in [0.3, 0.4) is 0 Å². The van der Waals surface area contributed by atoms with Gasteiger partial charge in [0, 0.05) is 18.9 Å². The zero-order valence-corrected chi connectivity index (χ0v) is 14.6. The average Bonchev–Trinajstić information content (AvgIpc) is 3.16. The van der Waals surface area contributed by atoms with Crippen LogP contribution in [0.1, 0.15) is 24.1 Å². The molecule has 8 heteroatoms. The first-order valence-corrected chi connectivity index (χ1v) is 8.77. The quantitative estimate of drug-likeness (QED) is 0.812. The molecule has 2 aliphatic heterocycles. The summed E-state index contributed by atoms with van der Waals surface area (Å²) < 4.78 is 16.5. The first-order valence-electron chi connectivity index (χ1n) is 8.77. The topological polar surface area (TPSA) is 97.6 Å². The van der Waals surface area contributed by atoms with Crippen LogP contribution >= 0.6 is 0 Å². The molecule has 3 heterocycles. The molecule has 0 radical (unpaired) electrons. The molecule has 2 aliphatic rings. The van der Waals surface area contributed by atoms with E-state index in [1.54, 1.807) is 4.90 Å². The first kappa shape index (κ1) is 17.1. The van der Waals surface area contributed by atoms with E-state index in [4.69, 9.17) is 19.5 Å². The Labute approximate surface area is 156 Å². The fraction of sp³-hybridized carbons (Fsp3) is 0.368. The van der Waals surface area contributed by atoms with Gasteiger partial charge >= 0.3 is 0 Å². The molecule has 0 saturated carbocycles. The second kappa shape index (κ2) is 7.50. The van der Waals surface area contributed by atoms with E-state index < -0.39 is 0 Å². The van der Waals surface area contributed by atoms with Gasteiger partial charge in [-0.3, -0.25) is 4.79 Å². The van der Waals surface area contributed by atoms with E-state index in [2.05, 4.69) is 9.97 Å². The summed E-state index contributed by atoms with van der Waals surface area (Å²) in [5, 5.41) is 9.10. The van der Waals surface area contributed by atoms with Crippen molar-refractivity contribution in [3.05, 3.63) is 41.9 Å². The van der Waals surface area contributed by atoms with Gasteiger partial charge in [-0.15, -0.1) is 0 Å². The Balaban J connectivity index is 1.39. The number of nitriles is 1. The molecular weight excluding hydrogens is 348 g/mol. The Morgan fingerprint density at radius 1 is 1.30 bits per heavy atom. The molecule has 8 nitrogen and oxygen atoms in total. The molecular formula is C19H18N4O4. The maximum absolute atomic E-state index is 12.7. The van der Waals surface area contributed by atoms with Crippen LogP contribution in [0.15, 0.2) is 30.6 Å². The molecule has 1 unspecified atom stereocenters. The molecule has 1 aromatic carbocycles. The predicted molar refractivity (Wildman–Crippen MR) is 93.2 cm³/mol. The van der Waals surface area contributed by atoms with Crippen molar-refractivity contribution in [2.24, 2.45) is 0 Å². The number of aromatic nitrogens is 2. The molecule has 1 fully saturated rings. The molecule has 1 aromatic heterocycles. The lowest BCUT2D eigenvalue weighted by Crippen LogP contribution is -2.45. The third-order valence-corrected chi connectivity index (χ3v) is 4.57. The van der Waals surface area contributed by atoms with Gasteiger partial charge in [0.05, 0.1) is 13.0 Å². The van der Waals surface area contributed by atoms with Crippen LogP contribution in [0.2, 0.25) is 0 Å². The molecule has 0 spiro atoms. The van der Waals surface area contributed by atoms with Gasteiger partial charge in [-0.25, -0.2) is 9.97 Å². The van der Waals surface area contributed by atoms with Crippen LogP contribution in [0, 0.1) is 11.3 Å². The number of rotatable bonds is 4. The Morgan fingerprint density at radius 2 is 2.15 bits per heavy atom.